The zero-order valence-electron chi connectivity index (χ0n) is 22.6. The molecule has 0 fully saturated rings. The Balaban J connectivity index is 1.52. The molecule has 0 unspecified atom stereocenters. The van der Waals surface area contributed by atoms with Gasteiger partial charge in [0.2, 0.25) is 5.78 Å². The third-order valence-electron chi connectivity index (χ3n) is 8.05. The first-order valence-electron chi connectivity index (χ1n) is 13.0. The van der Waals surface area contributed by atoms with E-state index in [1.54, 1.807) is 49.3 Å². The molecular weight excluding hydrogens is 614 g/mol. The summed E-state index contributed by atoms with van der Waals surface area (Å²) in [5, 5.41) is 46.8. The van der Waals surface area contributed by atoms with Crippen LogP contribution in [0.15, 0.2) is 57.5 Å². The Morgan fingerprint density at radius 3 is 2.43 bits per heavy atom. The van der Waals surface area contributed by atoms with Crippen LogP contribution in [-0.2, 0) is 22.6 Å². The van der Waals surface area contributed by atoms with Crippen LogP contribution in [0.4, 0.5) is 10.5 Å². The highest BCUT2D eigenvalue weighted by molar-refractivity contribution is 9.10. The molecule has 2 aromatic rings. The van der Waals surface area contributed by atoms with Crippen LogP contribution in [0, 0.1) is 11.8 Å². The van der Waals surface area contributed by atoms with Gasteiger partial charge in [0.15, 0.2) is 11.4 Å². The standard InChI is InChI=1S/C29H28BrN3O9/c1-33(2)18-9-13(11-32-28(40)42-16-5-3-15(30)4-6-16)23(35)21-17(18)8-12-7-14-10-19(34)22(27(31)39)26(38)29(14,41)25(37)20(12)24(21)36/h3-6,9,12,14,34-35,37,41H,7-8,10-11H2,1-2H3,(H2,31,39)(H,32,40)/t12-,14+,29+/m1/s1. The van der Waals surface area contributed by atoms with Gasteiger partial charge >= 0.3 is 6.09 Å². The Hall–Kier alpha value is -4.36. The van der Waals surface area contributed by atoms with Gasteiger partial charge in [-0.25, -0.2) is 4.79 Å². The summed E-state index contributed by atoms with van der Waals surface area (Å²) in [4.78, 5) is 53.1. The van der Waals surface area contributed by atoms with Crippen molar-refractivity contribution >= 4 is 45.2 Å². The van der Waals surface area contributed by atoms with Crippen LogP contribution < -0.4 is 20.7 Å². The average molecular weight is 642 g/mol. The fraction of sp³-hybridized carbons (Fsp3) is 0.310. The molecule has 42 heavy (non-hydrogen) atoms. The molecule has 3 aliphatic carbocycles. The first-order valence-corrected chi connectivity index (χ1v) is 13.8. The number of anilines is 1. The molecular formula is C29H28BrN3O9. The highest BCUT2D eigenvalue weighted by atomic mass is 79.9. The number of fused-ring (bicyclic) bond motifs is 3. The third kappa shape index (κ3) is 4.58. The van der Waals surface area contributed by atoms with Crippen molar-refractivity contribution in [1.82, 2.24) is 5.32 Å². The number of nitrogens with one attached hydrogen (secondary N) is 1. The van der Waals surface area contributed by atoms with Crippen molar-refractivity contribution in [1.29, 1.82) is 0 Å². The zero-order chi connectivity index (χ0) is 30.7. The number of ketones is 2. The molecule has 0 spiro atoms. The van der Waals surface area contributed by atoms with Crippen molar-refractivity contribution < 1.29 is 44.3 Å². The highest BCUT2D eigenvalue weighted by Gasteiger charge is 2.59. The van der Waals surface area contributed by atoms with Gasteiger partial charge in [-0.2, -0.15) is 0 Å². The van der Waals surface area contributed by atoms with E-state index in [9.17, 15) is 39.6 Å². The van der Waals surface area contributed by atoms with Crippen LogP contribution >= 0.6 is 15.9 Å². The minimum atomic E-state index is -2.65. The van der Waals surface area contributed by atoms with Crippen molar-refractivity contribution in [3.05, 3.63) is 74.2 Å². The second-order valence-corrected chi connectivity index (χ2v) is 11.7. The molecule has 0 heterocycles. The van der Waals surface area contributed by atoms with E-state index < -0.39 is 63.8 Å². The number of hydrogen-bond acceptors (Lipinski definition) is 10. The molecule has 0 saturated heterocycles. The smallest absolute Gasteiger partial charge is 0.412 e. The predicted molar refractivity (Wildman–Crippen MR) is 152 cm³/mol. The van der Waals surface area contributed by atoms with Crippen molar-refractivity contribution in [3.63, 3.8) is 0 Å². The number of aromatic hydroxyl groups is 1. The number of aliphatic hydroxyl groups is 3. The fourth-order valence-corrected chi connectivity index (χ4v) is 6.33. The number of nitrogens with zero attached hydrogens (tertiary/aromatic N) is 1. The van der Waals surface area contributed by atoms with Crippen LogP contribution in [0.3, 0.4) is 0 Å². The number of nitrogens with two attached hydrogens (primary N) is 1. The number of phenols is 1. The first kappa shape index (κ1) is 29.1. The summed E-state index contributed by atoms with van der Waals surface area (Å²) in [5.74, 6) is -6.70. The maximum atomic E-state index is 13.9. The Morgan fingerprint density at radius 2 is 1.81 bits per heavy atom. The number of ether oxygens (including phenoxy) is 1. The van der Waals surface area contributed by atoms with E-state index in [4.69, 9.17) is 10.5 Å². The van der Waals surface area contributed by atoms with Crippen LogP contribution in [0.2, 0.25) is 0 Å². The summed E-state index contributed by atoms with van der Waals surface area (Å²) in [6.45, 7) is -0.215. The van der Waals surface area contributed by atoms with Gasteiger partial charge in [0.05, 0.1) is 5.56 Å². The fourth-order valence-electron chi connectivity index (χ4n) is 6.07. The van der Waals surface area contributed by atoms with Gasteiger partial charge in [0.1, 0.15) is 28.6 Å². The number of amides is 2. The lowest BCUT2D eigenvalue weighted by Crippen LogP contribution is -2.57. The number of Topliss-reactive ketones (excluding diaryl/α,β-unsaturated/α-hetero) is 2. The lowest BCUT2D eigenvalue weighted by Gasteiger charge is -2.46. The number of benzene rings is 2. The summed E-state index contributed by atoms with van der Waals surface area (Å²) >= 11 is 3.30. The molecule has 7 N–H and O–H groups in total. The van der Waals surface area contributed by atoms with Gasteiger partial charge in [0, 0.05) is 54.3 Å². The van der Waals surface area contributed by atoms with E-state index in [1.807, 2.05) is 0 Å². The maximum Gasteiger partial charge on any atom is 0.412 e. The number of phenolic OH excluding ortho intramolecular Hbond substituents is 1. The molecule has 0 bridgehead atoms. The quantitative estimate of drug-likeness (QED) is 0.264. The van der Waals surface area contributed by atoms with Gasteiger partial charge in [0.25, 0.3) is 5.91 Å². The molecule has 0 aliphatic heterocycles. The molecule has 3 atom stereocenters. The van der Waals surface area contributed by atoms with Crippen molar-refractivity contribution in [2.24, 2.45) is 17.6 Å². The molecule has 220 valence electrons. The van der Waals surface area contributed by atoms with E-state index in [1.165, 1.54) is 0 Å². The van der Waals surface area contributed by atoms with Gasteiger partial charge < -0.3 is 41.1 Å². The minimum absolute atomic E-state index is 0.0295. The molecule has 3 aliphatic rings. The van der Waals surface area contributed by atoms with Crippen LogP contribution in [-0.4, -0.2) is 63.7 Å². The molecule has 13 heteroatoms. The Morgan fingerprint density at radius 1 is 1.14 bits per heavy atom. The second-order valence-electron chi connectivity index (χ2n) is 10.8. The van der Waals surface area contributed by atoms with E-state index in [0.29, 0.717) is 11.3 Å². The molecule has 5 rings (SSSR count). The SMILES string of the molecule is CN(C)c1cc(CNC(=O)Oc2ccc(Br)cc2)c(O)c2c1C[C@H]1C[C@H]3CC(O)=C(C(N)=O)C(=O)[C@@]3(O)C(O)=C1C2=O. The monoisotopic (exact) mass is 641 g/mol. The molecule has 12 nitrogen and oxygen atoms in total. The lowest BCUT2D eigenvalue weighted by atomic mass is 9.60. The van der Waals surface area contributed by atoms with Gasteiger partial charge in [-0.15, -0.1) is 0 Å². The number of halogens is 1. The molecule has 0 saturated carbocycles. The van der Waals surface area contributed by atoms with Gasteiger partial charge in [-0.05, 0) is 54.7 Å². The zero-order valence-corrected chi connectivity index (χ0v) is 24.2. The van der Waals surface area contributed by atoms with Gasteiger partial charge in [-0.1, -0.05) is 15.9 Å². The summed E-state index contributed by atoms with van der Waals surface area (Å²) < 4.78 is 6.05. The molecule has 2 amide bonds. The number of carbonyl (C=O) groups excluding carboxylic acids is 4. The normalized spacial score (nSPS) is 23.1. The first-order chi connectivity index (χ1) is 19.7. The summed E-state index contributed by atoms with van der Waals surface area (Å²) in [6.07, 6.45) is -0.913. The molecule has 0 aromatic heterocycles. The lowest BCUT2D eigenvalue weighted by molar-refractivity contribution is -0.144. The largest absolute Gasteiger partial charge is 0.511 e. The Bertz CT molecular complexity index is 1610. The van der Waals surface area contributed by atoms with Crippen molar-refractivity contribution in [3.8, 4) is 11.5 Å². The number of aliphatic hydroxyl groups excluding tert-OH is 2. The number of rotatable bonds is 5. The minimum Gasteiger partial charge on any atom is -0.511 e. The van der Waals surface area contributed by atoms with Crippen LogP contribution in [0.25, 0.3) is 0 Å². The van der Waals surface area contributed by atoms with Crippen LogP contribution in [0.1, 0.15) is 34.3 Å². The Kier molecular flexibility index (Phi) is 7.27. The topological polar surface area (TPSA) is 200 Å². The van der Waals surface area contributed by atoms with E-state index in [2.05, 4.69) is 21.2 Å². The predicted octanol–water partition coefficient (Wildman–Crippen LogP) is 2.70. The van der Waals surface area contributed by atoms with Crippen molar-refractivity contribution in [2.75, 3.05) is 19.0 Å². The van der Waals surface area contributed by atoms with Crippen LogP contribution in [0.5, 0.6) is 11.5 Å². The maximum absolute atomic E-state index is 13.9. The highest BCUT2D eigenvalue weighted by Crippen LogP contribution is 2.52. The summed E-state index contributed by atoms with van der Waals surface area (Å²) in [7, 11) is 3.49. The number of carbonyl (C=O) groups is 4. The summed E-state index contributed by atoms with van der Waals surface area (Å²) in [5.41, 5.74) is 2.60. The Labute approximate surface area is 248 Å². The van der Waals surface area contributed by atoms with E-state index in [-0.39, 0.29) is 48.3 Å². The number of hydrogen-bond donors (Lipinski definition) is 6. The summed E-state index contributed by atoms with van der Waals surface area (Å²) in [6, 6.07) is 8.20. The average Bonchev–Trinajstić information content (AvgIpc) is 2.91. The van der Waals surface area contributed by atoms with E-state index in [0.717, 1.165) is 4.47 Å². The number of allylic oxidation sites excluding steroid dienone is 2. The second kappa shape index (κ2) is 10.5. The third-order valence-corrected chi connectivity index (χ3v) is 8.58. The van der Waals surface area contributed by atoms with Crippen molar-refractivity contribution in [2.45, 2.75) is 31.4 Å². The molecule has 2 aromatic carbocycles. The number of primary amides is 1. The molecule has 0 radical (unpaired) electrons. The van der Waals surface area contributed by atoms with Gasteiger partial charge in [-0.3, -0.25) is 14.4 Å². The van der Waals surface area contributed by atoms with E-state index >= 15 is 0 Å².